The number of ether oxygens (including phenoxy) is 1. The molecule has 0 aliphatic rings. The summed E-state index contributed by atoms with van der Waals surface area (Å²) in [6.45, 7) is 4.52. The molecule has 1 heterocycles. The summed E-state index contributed by atoms with van der Waals surface area (Å²) in [5.74, 6) is 2.27. The summed E-state index contributed by atoms with van der Waals surface area (Å²) in [5.41, 5.74) is 0. The Morgan fingerprint density at radius 1 is 0.857 bits per heavy atom. The first kappa shape index (κ1) is 17.9. The SMILES string of the molecule is CCCCCCC(CCCCCC)c1ncc(OC)cn1. The summed E-state index contributed by atoms with van der Waals surface area (Å²) in [7, 11) is 1.66. The fraction of sp³-hybridized carbons (Fsp3) is 0.778. The van der Waals surface area contributed by atoms with E-state index in [2.05, 4.69) is 23.8 Å². The highest BCUT2D eigenvalue weighted by Gasteiger charge is 2.14. The Labute approximate surface area is 130 Å². The standard InChI is InChI=1S/C18H32N2O/c1-4-6-8-10-12-16(13-11-9-7-5-2)18-19-14-17(21-3)15-20-18/h14-16H,4-13H2,1-3H3. The van der Waals surface area contributed by atoms with E-state index in [1.54, 1.807) is 19.5 Å². The summed E-state index contributed by atoms with van der Waals surface area (Å²) in [5, 5.41) is 0. The van der Waals surface area contributed by atoms with E-state index in [0.29, 0.717) is 5.92 Å². The first-order valence-corrected chi connectivity index (χ1v) is 8.67. The Morgan fingerprint density at radius 2 is 1.38 bits per heavy atom. The van der Waals surface area contributed by atoms with E-state index in [1.165, 1.54) is 64.2 Å². The first-order valence-electron chi connectivity index (χ1n) is 8.67. The van der Waals surface area contributed by atoms with Crippen LogP contribution in [0.4, 0.5) is 0 Å². The van der Waals surface area contributed by atoms with Gasteiger partial charge in [-0.3, -0.25) is 0 Å². The summed E-state index contributed by atoms with van der Waals surface area (Å²) in [4.78, 5) is 9.02. The molecule has 3 heteroatoms. The summed E-state index contributed by atoms with van der Waals surface area (Å²) in [6.07, 6.45) is 16.6. The minimum absolute atomic E-state index is 0.518. The molecule has 0 unspecified atom stereocenters. The lowest BCUT2D eigenvalue weighted by Gasteiger charge is -2.15. The second-order valence-electron chi connectivity index (χ2n) is 5.88. The van der Waals surface area contributed by atoms with Crippen molar-refractivity contribution < 1.29 is 4.74 Å². The molecule has 0 aromatic carbocycles. The lowest BCUT2D eigenvalue weighted by atomic mass is 9.93. The van der Waals surface area contributed by atoms with Crippen molar-refractivity contribution in [2.75, 3.05) is 7.11 Å². The number of methoxy groups -OCH3 is 1. The van der Waals surface area contributed by atoms with Crippen LogP contribution in [0.5, 0.6) is 5.75 Å². The van der Waals surface area contributed by atoms with Crippen LogP contribution in [-0.2, 0) is 0 Å². The van der Waals surface area contributed by atoms with Crippen LogP contribution < -0.4 is 4.74 Å². The predicted octanol–water partition coefficient (Wildman–Crippen LogP) is 5.51. The monoisotopic (exact) mass is 292 g/mol. The van der Waals surface area contributed by atoms with E-state index >= 15 is 0 Å². The molecule has 0 saturated carbocycles. The van der Waals surface area contributed by atoms with Crippen molar-refractivity contribution in [3.8, 4) is 5.75 Å². The van der Waals surface area contributed by atoms with Crippen LogP contribution in [0, 0.1) is 0 Å². The fourth-order valence-corrected chi connectivity index (χ4v) is 2.68. The molecule has 0 radical (unpaired) electrons. The molecule has 0 bridgehead atoms. The van der Waals surface area contributed by atoms with Crippen LogP contribution in [0.3, 0.4) is 0 Å². The van der Waals surface area contributed by atoms with Crippen molar-refractivity contribution in [1.82, 2.24) is 9.97 Å². The molecule has 0 aliphatic carbocycles. The zero-order valence-electron chi connectivity index (χ0n) is 14.1. The van der Waals surface area contributed by atoms with Crippen LogP contribution in [0.2, 0.25) is 0 Å². The molecule has 1 aromatic rings. The Morgan fingerprint density at radius 3 is 1.81 bits per heavy atom. The molecule has 0 atom stereocenters. The van der Waals surface area contributed by atoms with Crippen LogP contribution in [0.15, 0.2) is 12.4 Å². The van der Waals surface area contributed by atoms with Gasteiger partial charge in [0.2, 0.25) is 0 Å². The summed E-state index contributed by atoms with van der Waals surface area (Å²) >= 11 is 0. The summed E-state index contributed by atoms with van der Waals surface area (Å²) < 4.78 is 5.15. The largest absolute Gasteiger partial charge is 0.494 e. The van der Waals surface area contributed by atoms with Gasteiger partial charge < -0.3 is 4.74 Å². The first-order chi connectivity index (χ1) is 10.3. The normalized spacial score (nSPS) is 11.0. The lowest BCUT2D eigenvalue weighted by Crippen LogP contribution is -2.05. The van der Waals surface area contributed by atoms with Crippen molar-refractivity contribution >= 4 is 0 Å². The van der Waals surface area contributed by atoms with Gasteiger partial charge in [-0.15, -0.1) is 0 Å². The molecule has 0 aliphatic heterocycles. The second-order valence-corrected chi connectivity index (χ2v) is 5.88. The highest BCUT2D eigenvalue weighted by Crippen LogP contribution is 2.26. The topological polar surface area (TPSA) is 35.0 Å². The lowest BCUT2D eigenvalue weighted by molar-refractivity contribution is 0.407. The van der Waals surface area contributed by atoms with Crippen LogP contribution in [0.25, 0.3) is 0 Å². The molecular formula is C18H32N2O. The van der Waals surface area contributed by atoms with Crippen molar-refractivity contribution in [2.45, 2.75) is 84.0 Å². The van der Waals surface area contributed by atoms with Gasteiger partial charge in [-0.1, -0.05) is 65.2 Å². The minimum atomic E-state index is 0.518. The van der Waals surface area contributed by atoms with Gasteiger partial charge in [0.1, 0.15) is 5.82 Å². The third-order valence-electron chi connectivity index (χ3n) is 4.06. The minimum Gasteiger partial charge on any atom is -0.494 e. The number of hydrogen-bond donors (Lipinski definition) is 0. The zero-order chi connectivity index (χ0) is 15.3. The number of hydrogen-bond acceptors (Lipinski definition) is 3. The number of nitrogens with zero attached hydrogens (tertiary/aromatic N) is 2. The third-order valence-corrected chi connectivity index (χ3v) is 4.06. The number of unbranched alkanes of at least 4 members (excludes halogenated alkanes) is 6. The quantitative estimate of drug-likeness (QED) is 0.476. The van der Waals surface area contributed by atoms with Crippen molar-refractivity contribution in [3.63, 3.8) is 0 Å². The van der Waals surface area contributed by atoms with Crippen molar-refractivity contribution in [3.05, 3.63) is 18.2 Å². The molecule has 21 heavy (non-hydrogen) atoms. The highest BCUT2D eigenvalue weighted by atomic mass is 16.5. The number of rotatable bonds is 12. The maximum absolute atomic E-state index is 5.15. The van der Waals surface area contributed by atoms with Gasteiger partial charge in [0.25, 0.3) is 0 Å². The molecule has 3 nitrogen and oxygen atoms in total. The van der Waals surface area contributed by atoms with Gasteiger partial charge in [0, 0.05) is 5.92 Å². The average molecular weight is 292 g/mol. The maximum atomic E-state index is 5.15. The van der Waals surface area contributed by atoms with E-state index in [0.717, 1.165) is 11.6 Å². The van der Waals surface area contributed by atoms with E-state index < -0.39 is 0 Å². The maximum Gasteiger partial charge on any atom is 0.155 e. The van der Waals surface area contributed by atoms with Gasteiger partial charge in [-0.2, -0.15) is 0 Å². The van der Waals surface area contributed by atoms with E-state index in [-0.39, 0.29) is 0 Å². The molecule has 0 N–H and O–H groups in total. The predicted molar refractivity (Wildman–Crippen MR) is 88.8 cm³/mol. The van der Waals surface area contributed by atoms with E-state index in [4.69, 9.17) is 4.74 Å². The molecule has 0 amide bonds. The molecule has 0 fully saturated rings. The van der Waals surface area contributed by atoms with Gasteiger partial charge in [-0.25, -0.2) is 9.97 Å². The van der Waals surface area contributed by atoms with E-state index in [1.807, 2.05) is 0 Å². The fourth-order valence-electron chi connectivity index (χ4n) is 2.68. The van der Waals surface area contributed by atoms with Gasteiger partial charge >= 0.3 is 0 Å². The Hall–Kier alpha value is -1.12. The zero-order valence-corrected chi connectivity index (χ0v) is 14.1. The van der Waals surface area contributed by atoms with Crippen LogP contribution in [0.1, 0.15) is 89.8 Å². The third kappa shape index (κ3) is 7.45. The second kappa shape index (κ2) is 11.5. The molecule has 120 valence electrons. The molecule has 1 aromatic heterocycles. The van der Waals surface area contributed by atoms with Crippen LogP contribution >= 0.6 is 0 Å². The Kier molecular flexibility index (Phi) is 9.84. The molecule has 1 rings (SSSR count). The van der Waals surface area contributed by atoms with Gasteiger partial charge in [0.15, 0.2) is 5.75 Å². The highest BCUT2D eigenvalue weighted by molar-refractivity contribution is 5.13. The smallest absolute Gasteiger partial charge is 0.155 e. The Balaban J connectivity index is 2.51. The molecular weight excluding hydrogens is 260 g/mol. The Bertz CT molecular complexity index is 339. The molecule has 0 saturated heterocycles. The molecule has 0 spiro atoms. The van der Waals surface area contributed by atoms with E-state index in [9.17, 15) is 0 Å². The summed E-state index contributed by atoms with van der Waals surface area (Å²) in [6, 6.07) is 0. The average Bonchev–Trinajstić information content (AvgIpc) is 2.53. The van der Waals surface area contributed by atoms with Crippen molar-refractivity contribution in [1.29, 1.82) is 0 Å². The van der Waals surface area contributed by atoms with Crippen LogP contribution in [-0.4, -0.2) is 17.1 Å². The van der Waals surface area contributed by atoms with Crippen molar-refractivity contribution in [2.24, 2.45) is 0 Å². The van der Waals surface area contributed by atoms with Gasteiger partial charge in [-0.05, 0) is 12.8 Å². The van der Waals surface area contributed by atoms with Gasteiger partial charge in [0.05, 0.1) is 19.5 Å². The number of aromatic nitrogens is 2.